The van der Waals surface area contributed by atoms with E-state index in [-0.39, 0.29) is 5.56 Å². The molecule has 1 aromatic carbocycles. The second kappa shape index (κ2) is 8.68. The van der Waals surface area contributed by atoms with E-state index in [0.29, 0.717) is 23.6 Å². The molecule has 0 aliphatic heterocycles. The summed E-state index contributed by atoms with van der Waals surface area (Å²) in [6.07, 6.45) is 2.32. The maximum atomic E-state index is 12.5. The van der Waals surface area contributed by atoms with Crippen molar-refractivity contribution in [3.05, 3.63) is 48.3 Å². The second-order valence-corrected chi connectivity index (χ2v) is 5.10. The average Bonchev–Trinajstić information content (AvgIpc) is 2.66. The number of ether oxygens (including phenoxy) is 3. The molecule has 1 N–H and O–H groups in total. The van der Waals surface area contributed by atoms with Crippen molar-refractivity contribution < 1.29 is 23.8 Å². The number of nitrogens with zero attached hydrogens (tertiary/aromatic N) is 1. The number of nitrogens with one attached hydrogen (secondary N) is 1. The highest BCUT2D eigenvalue weighted by Gasteiger charge is 2.23. The third-order valence-corrected chi connectivity index (χ3v) is 3.47. The predicted octanol–water partition coefficient (Wildman–Crippen LogP) is 2.67. The molecule has 0 bridgehead atoms. The number of benzene rings is 1. The van der Waals surface area contributed by atoms with Gasteiger partial charge < -0.3 is 19.5 Å². The number of hydrogen-bond acceptors (Lipinski definition) is 6. The Hall–Kier alpha value is -3.09. The first kappa shape index (κ1) is 18.3. The Morgan fingerprint density at radius 2 is 2.00 bits per heavy atom. The van der Waals surface area contributed by atoms with Crippen molar-refractivity contribution in [3.63, 3.8) is 0 Å². The van der Waals surface area contributed by atoms with E-state index in [4.69, 9.17) is 14.2 Å². The van der Waals surface area contributed by atoms with Crippen molar-refractivity contribution in [2.45, 2.75) is 19.4 Å². The summed E-state index contributed by atoms with van der Waals surface area (Å²) in [7, 11) is 3.02. The second-order valence-electron chi connectivity index (χ2n) is 5.10. The highest BCUT2D eigenvalue weighted by molar-refractivity contribution is 5.98. The summed E-state index contributed by atoms with van der Waals surface area (Å²) < 4.78 is 15.7. The van der Waals surface area contributed by atoms with Crippen LogP contribution in [0.1, 0.15) is 23.7 Å². The molecular formula is C18H20N2O5. The first-order valence-corrected chi connectivity index (χ1v) is 7.73. The van der Waals surface area contributed by atoms with E-state index < -0.39 is 18.0 Å². The molecule has 0 fully saturated rings. The zero-order valence-electron chi connectivity index (χ0n) is 14.3. The lowest BCUT2D eigenvalue weighted by Crippen LogP contribution is -2.32. The van der Waals surface area contributed by atoms with Crippen LogP contribution in [0.4, 0.5) is 5.69 Å². The molecular weight excluding hydrogens is 324 g/mol. The molecule has 25 heavy (non-hydrogen) atoms. The highest BCUT2D eigenvalue weighted by atomic mass is 16.5. The molecule has 0 spiro atoms. The number of methoxy groups -OCH3 is 2. The molecule has 1 aromatic heterocycles. The molecule has 1 unspecified atom stereocenters. The molecule has 0 aliphatic rings. The number of aromatic nitrogens is 1. The molecule has 0 radical (unpaired) electrons. The summed E-state index contributed by atoms with van der Waals surface area (Å²) in [6.45, 7) is 1.75. The third-order valence-electron chi connectivity index (χ3n) is 3.47. The van der Waals surface area contributed by atoms with Crippen molar-refractivity contribution in [3.8, 4) is 11.5 Å². The molecule has 1 atom stereocenters. The monoisotopic (exact) mass is 344 g/mol. The van der Waals surface area contributed by atoms with Crippen LogP contribution in [0, 0.1) is 0 Å². The first-order valence-electron chi connectivity index (χ1n) is 7.73. The number of amides is 1. The zero-order valence-corrected chi connectivity index (χ0v) is 14.3. The van der Waals surface area contributed by atoms with Crippen LogP contribution in [-0.4, -0.2) is 37.2 Å². The Morgan fingerprint density at radius 3 is 2.60 bits per heavy atom. The van der Waals surface area contributed by atoms with E-state index in [9.17, 15) is 9.59 Å². The van der Waals surface area contributed by atoms with Gasteiger partial charge in [0.25, 0.3) is 5.91 Å². The Bertz CT molecular complexity index is 734. The van der Waals surface area contributed by atoms with E-state index in [1.54, 1.807) is 43.5 Å². The number of esters is 1. The Morgan fingerprint density at radius 1 is 1.20 bits per heavy atom. The predicted molar refractivity (Wildman–Crippen MR) is 91.9 cm³/mol. The van der Waals surface area contributed by atoms with Crippen molar-refractivity contribution in [2.75, 3.05) is 19.5 Å². The third kappa shape index (κ3) is 4.69. The van der Waals surface area contributed by atoms with Crippen LogP contribution in [0.2, 0.25) is 0 Å². The fourth-order valence-corrected chi connectivity index (χ4v) is 2.13. The first-order chi connectivity index (χ1) is 12.1. The number of rotatable bonds is 7. The van der Waals surface area contributed by atoms with Crippen LogP contribution in [0.15, 0.2) is 42.7 Å². The van der Waals surface area contributed by atoms with Crippen LogP contribution in [-0.2, 0) is 9.53 Å². The van der Waals surface area contributed by atoms with Gasteiger partial charge in [-0.3, -0.25) is 9.78 Å². The quantitative estimate of drug-likeness (QED) is 0.777. The van der Waals surface area contributed by atoms with Gasteiger partial charge in [0.1, 0.15) is 11.5 Å². The van der Waals surface area contributed by atoms with Crippen LogP contribution < -0.4 is 14.8 Å². The minimum absolute atomic E-state index is 0.285. The maximum absolute atomic E-state index is 12.5. The normalized spacial score (nSPS) is 11.3. The summed E-state index contributed by atoms with van der Waals surface area (Å²) in [6, 6.07) is 8.22. The van der Waals surface area contributed by atoms with Gasteiger partial charge in [-0.2, -0.15) is 0 Å². The van der Waals surface area contributed by atoms with Crippen molar-refractivity contribution in [2.24, 2.45) is 0 Å². The highest BCUT2D eigenvalue weighted by Crippen LogP contribution is 2.29. The van der Waals surface area contributed by atoms with Gasteiger partial charge in [0.15, 0.2) is 6.10 Å². The molecule has 1 heterocycles. The largest absolute Gasteiger partial charge is 0.497 e. The molecule has 0 aliphatic carbocycles. The lowest BCUT2D eigenvalue weighted by Gasteiger charge is -2.17. The Balaban J connectivity index is 2.11. The molecule has 1 amide bonds. The number of pyridine rings is 1. The van der Waals surface area contributed by atoms with Gasteiger partial charge in [0.2, 0.25) is 0 Å². The number of carbonyl (C=O) groups excluding carboxylic acids is 2. The maximum Gasteiger partial charge on any atom is 0.340 e. The summed E-state index contributed by atoms with van der Waals surface area (Å²) in [5, 5.41) is 2.71. The van der Waals surface area contributed by atoms with Gasteiger partial charge in [-0.1, -0.05) is 6.92 Å². The van der Waals surface area contributed by atoms with Crippen LogP contribution in [0.3, 0.4) is 0 Å². The van der Waals surface area contributed by atoms with Crippen LogP contribution in [0.25, 0.3) is 0 Å². The molecule has 0 saturated heterocycles. The Kier molecular flexibility index (Phi) is 6.33. The zero-order chi connectivity index (χ0) is 18.2. The molecule has 2 aromatic rings. The van der Waals surface area contributed by atoms with Gasteiger partial charge in [-0.25, -0.2) is 4.79 Å². The minimum Gasteiger partial charge on any atom is -0.497 e. The minimum atomic E-state index is -0.941. The number of anilines is 1. The number of carbonyl (C=O) groups is 2. The summed E-state index contributed by atoms with van der Waals surface area (Å²) in [4.78, 5) is 28.4. The molecule has 132 valence electrons. The lowest BCUT2D eigenvalue weighted by molar-refractivity contribution is -0.124. The topological polar surface area (TPSA) is 86.8 Å². The van der Waals surface area contributed by atoms with Gasteiger partial charge in [0.05, 0.1) is 25.5 Å². The Labute approximate surface area is 145 Å². The van der Waals surface area contributed by atoms with Gasteiger partial charge in [-0.15, -0.1) is 0 Å². The van der Waals surface area contributed by atoms with Crippen molar-refractivity contribution in [1.29, 1.82) is 0 Å². The fraction of sp³-hybridized carbons (Fsp3) is 0.278. The SMILES string of the molecule is CCC(OC(=O)c1cccnc1)C(=O)Nc1cc(OC)ccc1OC. The van der Waals surface area contributed by atoms with Crippen LogP contribution >= 0.6 is 0 Å². The van der Waals surface area contributed by atoms with E-state index in [0.717, 1.165) is 0 Å². The lowest BCUT2D eigenvalue weighted by atomic mass is 10.2. The van der Waals surface area contributed by atoms with Gasteiger partial charge in [-0.05, 0) is 30.7 Å². The average molecular weight is 344 g/mol. The fourth-order valence-electron chi connectivity index (χ4n) is 2.13. The van der Waals surface area contributed by atoms with E-state index in [1.165, 1.54) is 20.4 Å². The van der Waals surface area contributed by atoms with E-state index in [1.807, 2.05) is 0 Å². The summed E-state index contributed by atoms with van der Waals surface area (Å²) in [5.41, 5.74) is 0.718. The summed E-state index contributed by atoms with van der Waals surface area (Å²) >= 11 is 0. The smallest absolute Gasteiger partial charge is 0.340 e. The van der Waals surface area contributed by atoms with Crippen molar-refractivity contribution in [1.82, 2.24) is 4.98 Å². The van der Waals surface area contributed by atoms with E-state index in [2.05, 4.69) is 10.3 Å². The van der Waals surface area contributed by atoms with Crippen LogP contribution in [0.5, 0.6) is 11.5 Å². The molecule has 7 nitrogen and oxygen atoms in total. The van der Waals surface area contributed by atoms with Crippen molar-refractivity contribution >= 4 is 17.6 Å². The van der Waals surface area contributed by atoms with Gasteiger partial charge in [0, 0.05) is 18.5 Å². The summed E-state index contributed by atoms with van der Waals surface area (Å²) in [5.74, 6) is -0.0157. The standard InChI is InChI=1S/C18H20N2O5/c1-4-15(25-18(22)12-6-5-9-19-11-12)17(21)20-14-10-13(23-2)7-8-16(14)24-3/h5-11,15H,4H2,1-3H3,(H,20,21). The molecule has 2 rings (SSSR count). The number of hydrogen-bond donors (Lipinski definition) is 1. The molecule has 0 saturated carbocycles. The van der Waals surface area contributed by atoms with E-state index >= 15 is 0 Å². The molecule has 7 heteroatoms. The van der Waals surface area contributed by atoms with Gasteiger partial charge >= 0.3 is 5.97 Å².